The fourth-order valence-corrected chi connectivity index (χ4v) is 2.12. The smallest absolute Gasteiger partial charge is 0.356 e. The lowest BCUT2D eigenvalue weighted by molar-refractivity contribution is -0.136. The summed E-state index contributed by atoms with van der Waals surface area (Å²) >= 11 is 0. The van der Waals surface area contributed by atoms with E-state index in [1.54, 1.807) is 0 Å². The van der Waals surface area contributed by atoms with Crippen molar-refractivity contribution in [2.45, 2.75) is 31.9 Å². The van der Waals surface area contributed by atoms with E-state index in [-0.39, 0.29) is 36.7 Å². The van der Waals surface area contributed by atoms with Gasteiger partial charge in [0.15, 0.2) is 0 Å². The lowest BCUT2D eigenvalue weighted by atomic mass is 9.95. The van der Waals surface area contributed by atoms with Gasteiger partial charge in [-0.15, -0.1) is 12.4 Å². The van der Waals surface area contributed by atoms with Gasteiger partial charge in [0.2, 0.25) is 5.91 Å². The minimum absolute atomic E-state index is 0. The molecule has 17 heavy (non-hydrogen) atoms. The number of hydrogen-bond acceptors (Lipinski definition) is 2. The third-order valence-electron chi connectivity index (χ3n) is 3.01. The predicted molar refractivity (Wildman–Crippen MR) is 60.8 cm³/mol. The van der Waals surface area contributed by atoms with Gasteiger partial charge in [-0.05, 0) is 25.3 Å². The van der Waals surface area contributed by atoms with Gasteiger partial charge in [-0.25, -0.2) is 0 Å². The van der Waals surface area contributed by atoms with E-state index in [1.165, 1.54) is 0 Å². The van der Waals surface area contributed by atoms with Crippen LogP contribution < -0.4 is 11.1 Å². The number of halogens is 4. The van der Waals surface area contributed by atoms with Gasteiger partial charge in [0.25, 0.3) is 0 Å². The summed E-state index contributed by atoms with van der Waals surface area (Å²) in [6.45, 7) is 0.0908. The van der Waals surface area contributed by atoms with Crippen molar-refractivity contribution in [1.29, 1.82) is 0 Å². The summed E-state index contributed by atoms with van der Waals surface area (Å²) in [4.78, 5) is 11.6. The number of rotatable bonds is 4. The molecule has 0 aromatic carbocycles. The van der Waals surface area contributed by atoms with Crippen LogP contribution in [0.25, 0.3) is 0 Å². The standard InChI is InChI=1S/C10H17F3N2O.ClH/c11-10(12,13)4-5-15-9(16)8-3-1-2-7(8)6-14;/h7-8H,1-6,14H2,(H,15,16);1H/t7-,8-;/m1./s1. The molecule has 1 amide bonds. The predicted octanol–water partition coefficient (Wildman–Crippen LogP) is 1.85. The number of hydrogen-bond donors (Lipinski definition) is 2. The number of carbonyl (C=O) groups excluding carboxylic acids is 1. The Kier molecular flexibility index (Phi) is 6.85. The Bertz CT molecular complexity index is 248. The number of alkyl halides is 3. The fourth-order valence-electron chi connectivity index (χ4n) is 2.12. The molecule has 0 bridgehead atoms. The maximum absolute atomic E-state index is 11.9. The molecule has 0 spiro atoms. The van der Waals surface area contributed by atoms with E-state index in [9.17, 15) is 18.0 Å². The van der Waals surface area contributed by atoms with Crippen LogP contribution in [0.3, 0.4) is 0 Å². The molecule has 0 aromatic heterocycles. The van der Waals surface area contributed by atoms with E-state index < -0.39 is 12.6 Å². The third kappa shape index (κ3) is 5.59. The van der Waals surface area contributed by atoms with Gasteiger partial charge in [-0.2, -0.15) is 13.2 Å². The van der Waals surface area contributed by atoms with E-state index in [0.29, 0.717) is 6.54 Å². The fraction of sp³-hybridized carbons (Fsp3) is 0.900. The first kappa shape index (κ1) is 16.5. The second kappa shape index (κ2) is 7.06. The Hall–Kier alpha value is -0.490. The SMILES string of the molecule is Cl.NC[C@H]1CCC[C@H]1C(=O)NCCC(F)(F)F. The van der Waals surface area contributed by atoms with Crippen LogP contribution in [0.1, 0.15) is 25.7 Å². The number of carbonyl (C=O) groups is 1. The normalized spacial score (nSPS) is 24.2. The highest BCUT2D eigenvalue weighted by atomic mass is 35.5. The number of nitrogens with one attached hydrogen (secondary N) is 1. The van der Waals surface area contributed by atoms with Gasteiger partial charge in [-0.1, -0.05) is 6.42 Å². The molecule has 3 N–H and O–H groups in total. The Morgan fingerprint density at radius 3 is 2.53 bits per heavy atom. The molecule has 0 aromatic rings. The molecule has 2 atom stereocenters. The molecule has 1 saturated carbocycles. The monoisotopic (exact) mass is 274 g/mol. The first-order valence-electron chi connectivity index (χ1n) is 5.48. The van der Waals surface area contributed by atoms with Crippen LogP contribution >= 0.6 is 12.4 Å². The van der Waals surface area contributed by atoms with E-state index in [2.05, 4.69) is 5.32 Å². The molecule has 3 nitrogen and oxygen atoms in total. The largest absolute Gasteiger partial charge is 0.390 e. The van der Waals surface area contributed by atoms with E-state index in [0.717, 1.165) is 19.3 Å². The van der Waals surface area contributed by atoms with Crippen molar-refractivity contribution in [2.75, 3.05) is 13.1 Å². The van der Waals surface area contributed by atoms with Gasteiger partial charge in [0.1, 0.15) is 0 Å². The Morgan fingerprint density at radius 1 is 1.35 bits per heavy atom. The van der Waals surface area contributed by atoms with Crippen molar-refractivity contribution in [3.8, 4) is 0 Å². The minimum Gasteiger partial charge on any atom is -0.356 e. The molecule has 1 fully saturated rings. The van der Waals surface area contributed by atoms with Crippen molar-refractivity contribution in [3.63, 3.8) is 0 Å². The van der Waals surface area contributed by atoms with Crippen LogP contribution in [0.5, 0.6) is 0 Å². The summed E-state index contributed by atoms with van der Waals surface area (Å²) in [6, 6.07) is 0. The van der Waals surface area contributed by atoms with Crippen LogP contribution in [0.2, 0.25) is 0 Å². The van der Waals surface area contributed by atoms with Crippen LogP contribution in [-0.4, -0.2) is 25.2 Å². The molecule has 1 rings (SSSR count). The summed E-state index contributed by atoms with van der Waals surface area (Å²) in [6.07, 6.45) is -2.62. The quantitative estimate of drug-likeness (QED) is 0.822. The third-order valence-corrected chi connectivity index (χ3v) is 3.01. The Balaban J connectivity index is 0.00000256. The average Bonchev–Trinajstić information content (AvgIpc) is 2.63. The van der Waals surface area contributed by atoms with Crippen molar-refractivity contribution < 1.29 is 18.0 Å². The molecule has 1 aliphatic carbocycles. The maximum Gasteiger partial charge on any atom is 0.390 e. The number of amides is 1. The van der Waals surface area contributed by atoms with Crippen LogP contribution in [-0.2, 0) is 4.79 Å². The highest BCUT2D eigenvalue weighted by molar-refractivity contribution is 5.85. The first-order valence-corrected chi connectivity index (χ1v) is 5.48. The topological polar surface area (TPSA) is 55.1 Å². The van der Waals surface area contributed by atoms with Crippen molar-refractivity contribution in [3.05, 3.63) is 0 Å². The van der Waals surface area contributed by atoms with Crippen LogP contribution in [0.15, 0.2) is 0 Å². The molecule has 0 radical (unpaired) electrons. The van der Waals surface area contributed by atoms with Crippen LogP contribution in [0.4, 0.5) is 13.2 Å². The molecule has 102 valence electrons. The van der Waals surface area contributed by atoms with E-state index in [1.807, 2.05) is 0 Å². The molecule has 0 unspecified atom stereocenters. The second-order valence-corrected chi connectivity index (χ2v) is 4.19. The van der Waals surface area contributed by atoms with Crippen molar-refractivity contribution in [2.24, 2.45) is 17.6 Å². The molecular weight excluding hydrogens is 257 g/mol. The molecule has 7 heteroatoms. The minimum atomic E-state index is -4.21. The lowest BCUT2D eigenvalue weighted by Gasteiger charge is -2.17. The second-order valence-electron chi connectivity index (χ2n) is 4.19. The Labute approximate surface area is 105 Å². The molecule has 1 aliphatic rings. The summed E-state index contributed by atoms with van der Waals surface area (Å²) in [5.74, 6) is -0.346. The molecule has 0 aliphatic heterocycles. The van der Waals surface area contributed by atoms with Gasteiger partial charge < -0.3 is 11.1 Å². The molecule has 0 heterocycles. The molecule has 0 saturated heterocycles. The van der Waals surface area contributed by atoms with Gasteiger partial charge in [0.05, 0.1) is 6.42 Å². The summed E-state index contributed by atoms with van der Waals surface area (Å²) in [7, 11) is 0. The van der Waals surface area contributed by atoms with Crippen molar-refractivity contribution >= 4 is 18.3 Å². The Morgan fingerprint density at radius 2 is 2.00 bits per heavy atom. The average molecular weight is 275 g/mol. The summed E-state index contributed by atoms with van der Waals surface area (Å²) in [5, 5.41) is 2.33. The van der Waals surface area contributed by atoms with Gasteiger partial charge >= 0.3 is 6.18 Å². The van der Waals surface area contributed by atoms with Crippen LogP contribution in [0, 0.1) is 11.8 Å². The maximum atomic E-state index is 11.9. The first-order chi connectivity index (χ1) is 7.44. The number of nitrogens with two attached hydrogens (primary N) is 1. The highest BCUT2D eigenvalue weighted by Crippen LogP contribution is 2.31. The zero-order valence-electron chi connectivity index (χ0n) is 9.43. The zero-order chi connectivity index (χ0) is 12.2. The van der Waals surface area contributed by atoms with Gasteiger partial charge in [0, 0.05) is 12.5 Å². The van der Waals surface area contributed by atoms with Gasteiger partial charge in [-0.3, -0.25) is 4.79 Å². The molecular formula is C10H18ClF3N2O. The van der Waals surface area contributed by atoms with Crippen molar-refractivity contribution in [1.82, 2.24) is 5.32 Å². The summed E-state index contributed by atoms with van der Waals surface area (Å²) in [5.41, 5.74) is 5.50. The highest BCUT2D eigenvalue weighted by Gasteiger charge is 2.32. The zero-order valence-corrected chi connectivity index (χ0v) is 10.2. The van der Waals surface area contributed by atoms with E-state index in [4.69, 9.17) is 5.73 Å². The van der Waals surface area contributed by atoms with E-state index >= 15 is 0 Å². The lowest BCUT2D eigenvalue weighted by Crippen LogP contribution is -2.36. The summed E-state index contributed by atoms with van der Waals surface area (Å²) < 4.78 is 35.6.